The number of hydrogen-bond donors (Lipinski definition) is 3. The SMILES string of the molecule is CCCCCC/C=C\C=C/CCCCCCCC(=O)OC[C@H](COP(=O)(O)OC[C@@H](O)COP(=O)(O)OC[C@@H](COC(=O)CCCCCCC)OC(=O)CCCCCCCCCCCCCCC)OC(=O)CCCCCCCCCCCCCCCCCCCCC(C)CC. The van der Waals surface area contributed by atoms with E-state index in [1.165, 1.54) is 173 Å². The highest BCUT2D eigenvalue weighted by Crippen LogP contribution is 2.45. The summed E-state index contributed by atoms with van der Waals surface area (Å²) < 4.78 is 68.2. The lowest BCUT2D eigenvalue weighted by Gasteiger charge is -2.21. The molecule has 0 bridgehead atoms. The zero-order chi connectivity index (χ0) is 69.8. The topological polar surface area (TPSA) is 237 Å². The van der Waals surface area contributed by atoms with E-state index in [0.29, 0.717) is 25.7 Å². The molecular formula is C76H144O17P2. The molecule has 0 rings (SSSR count). The number of aliphatic hydroxyl groups excluding tert-OH is 1. The van der Waals surface area contributed by atoms with Gasteiger partial charge in [0.2, 0.25) is 0 Å². The van der Waals surface area contributed by atoms with E-state index in [4.69, 9.17) is 37.0 Å². The van der Waals surface area contributed by atoms with Gasteiger partial charge in [0.1, 0.15) is 19.3 Å². The highest BCUT2D eigenvalue weighted by Gasteiger charge is 2.30. The summed E-state index contributed by atoms with van der Waals surface area (Å²) in [5, 5.41) is 10.6. The maximum absolute atomic E-state index is 13.1. The van der Waals surface area contributed by atoms with Gasteiger partial charge in [-0.15, -0.1) is 0 Å². The minimum Gasteiger partial charge on any atom is -0.462 e. The molecule has 6 atom stereocenters. The number of ether oxygens (including phenoxy) is 4. The van der Waals surface area contributed by atoms with Crippen LogP contribution in [-0.2, 0) is 65.4 Å². The second-order valence-electron chi connectivity index (χ2n) is 26.9. The molecule has 0 saturated carbocycles. The molecule has 17 nitrogen and oxygen atoms in total. The van der Waals surface area contributed by atoms with Crippen molar-refractivity contribution in [1.82, 2.24) is 0 Å². The van der Waals surface area contributed by atoms with Gasteiger partial charge >= 0.3 is 39.5 Å². The average molecular weight is 1390 g/mol. The highest BCUT2D eigenvalue weighted by molar-refractivity contribution is 7.47. The number of phosphoric acid groups is 2. The van der Waals surface area contributed by atoms with Gasteiger partial charge in [0.05, 0.1) is 26.4 Å². The number of rotatable bonds is 74. The number of carbonyl (C=O) groups is 4. The first kappa shape index (κ1) is 92.5. The minimum absolute atomic E-state index is 0.102. The van der Waals surface area contributed by atoms with Crippen LogP contribution in [-0.4, -0.2) is 96.7 Å². The Hall–Kier alpha value is -2.46. The summed E-state index contributed by atoms with van der Waals surface area (Å²) in [5.74, 6) is -1.29. The van der Waals surface area contributed by atoms with Gasteiger partial charge in [0.25, 0.3) is 0 Å². The molecule has 0 aromatic heterocycles. The van der Waals surface area contributed by atoms with E-state index >= 15 is 0 Å². The number of allylic oxidation sites excluding steroid dienone is 4. The molecule has 0 aromatic carbocycles. The molecule has 0 fully saturated rings. The molecule has 560 valence electrons. The molecule has 0 aliphatic carbocycles. The Kier molecular flexibility index (Phi) is 66.9. The van der Waals surface area contributed by atoms with Gasteiger partial charge in [0.15, 0.2) is 12.2 Å². The second kappa shape index (κ2) is 68.7. The van der Waals surface area contributed by atoms with E-state index in [1.807, 2.05) is 0 Å². The molecule has 0 aliphatic heterocycles. The molecular weight excluding hydrogens is 1250 g/mol. The van der Waals surface area contributed by atoms with E-state index in [9.17, 15) is 43.2 Å². The van der Waals surface area contributed by atoms with Crippen molar-refractivity contribution in [3.8, 4) is 0 Å². The first-order valence-corrected chi connectivity index (χ1v) is 42.0. The molecule has 0 aromatic rings. The lowest BCUT2D eigenvalue weighted by molar-refractivity contribution is -0.161. The number of unbranched alkanes of at least 4 members (excludes halogenated alkanes) is 42. The minimum atomic E-state index is -4.96. The average Bonchev–Trinajstić information content (AvgIpc) is 2.73. The third-order valence-electron chi connectivity index (χ3n) is 17.5. The number of carbonyl (C=O) groups excluding carboxylic acids is 4. The zero-order valence-corrected chi connectivity index (χ0v) is 63.1. The Morgan fingerprint density at radius 1 is 0.337 bits per heavy atom. The molecule has 0 saturated heterocycles. The fourth-order valence-electron chi connectivity index (χ4n) is 11.1. The third-order valence-corrected chi connectivity index (χ3v) is 19.4. The van der Waals surface area contributed by atoms with Gasteiger partial charge < -0.3 is 33.8 Å². The van der Waals surface area contributed by atoms with Crippen molar-refractivity contribution in [2.24, 2.45) is 5.92 Å². The molecule has 3 N–H and O–H groups in total. The molecule has 95 heavy (non-hydrogen) atoms. The lowest BCUT2D eigenvalue weighted by atomic mass is 9.99. The van der Waals surface area contributed by atoms with Crippen molar-refractivity contribution >= 4 is 39.5 Å². The van der Waals surface area contributed by atoms with Gasteiger partial charge in [-0.3, -0.25) is 37.3 Å². The van der Waals surface area contributed by atoms with Crippen LogP contribution in [0.5, 0.6) is 0 Å². The van der Waals surface area contributed by atoms with Crippen LogP contribution in [0.1, 0.15) is 375 Å². The van der Waals surface area contributed by atoms with Crippen LogP contribution < -0.4 is 0 Å². The summed E-state index contributed by atoms with van der Waals surface area (Å²) in [6.45, 7) is 7.20. The fraction of sp³-hybridized carbons (Fsp3) is 0.895. The largest absolute Gasteiger partial charge is 0.472 e. The predicted octanol–water partition coefficient (Wildman–Crippen LogP) is 22.0. The first-order chi connectivity index (χ1) is 46.1. The number of hydrogen-bond acceptors (Lipinski definition) is 15. The predicted molar refractivity (Wildman–Crippen MR) is 386 cm³/mol. The van der Waals surface area contributed by atoms with Crippen LogP contribution >= 0.6 is 15.6 Å². The van der Waals surface area contributed by atoms with Gasteiger partial charge in [-0.25, -0.2) is 9.13 Å². The molecule has 0 spiro atoms. The standard InChI is InChI=1S/C76H144O17P2/c1-6-10-13-16-18-20-22-24-29-34-37-41-45-50-55-60-74(79)87-66-72(93-76(81)62-57-52-47-43-39-35-31-28-26-25-27-30-33-36-40-44-49-53-58-69(5)9-4)68-91-95(84,85)89-64-70(77)63-88-94(82,83)90-67-71(65-86-73(78)59-54-48-15-12-8-3)92-75(80)61-56-51-46-42-38-32-23-21-19-17-14-11-7-2/h20,22,24,29,69-72,77H,6-19,21,23,25-28,30-68H2,1-5H3,(H,82,83)(H,84,85)/b22-20-,29-24-/t69?,70-,71+,72+/m0/s1. The van der Waals surface area contributed by atoms with Crippen molar-refractivity contribution in [1.29, 1.82) is 0 Å². The zero-order valence-electron chi connectivity index (χ0n) is 61.3. The second-order valence-corrected chi connectivity index (χ2v) is 29.9. The Bertz CT molecular complexity index is 1920. The van der Waals surface area contributed by atoms with Crippen LogP contribution in [0.2, 0.25) is 0 Å². The summed E-state index contributed by atoms with van der Waals surface area (Å²) in [6, 6.07) is 0. The smallest absolute Gasteiger partial charge is 0.462 e. The lowest BCUT2D eigenvalue weighted by Crippen LogP contribution is -2.30. The summed E-state index contributed by atoms with van der Waals surface area (Å²) in [4.78, 5) is 72.5. The van der Waals surface area contributed by atoms with E-state index in [2.05, 4.69) is 58.9 Å². The molecule has 0 heterocycles. The van der Waals surface area contributed by atoms with Crippen LogP contribution in [0.3, 0.4) is 0 Å². The van der Waals surface area contributed by atoms with Crippen molar-refractivity contribution in [2.75, 3.05) is 39.6 Å². The van der Waals surface area contributed by atoms with Crippen molar-refractivity contribution < 1.29 is 80.2 Å². The Morgan fingerprint density at radius 2 is 0.589 bits per heavy atom. The van der Waals surface area contributed by atoms with Gasteiger partial charge in [0, 0.05) is 25.7 Å². The van der Waals surface area contributed by atoms with Crippen molar-refractivity contribution in [3.05, 3.63) is 24.3 Å². The van der Waals surface area contributed by atoms with E-state index in [1.54, 1.807) is 0 Å². The Morgan fingerprint density at radius 3 is 0.895 bits per heavy atom. The van der Waals surface area contributed by atoms with Gasteiger partial charge in [-0.1, -0.05) is 322 Å². The summed E-state index contributed by atoms with van der Waals surface area (Å²) in [5.41, 5.74) is 0. The van der Waals surface area contributed by atoms with E-state index in [-0.39, 0.29) is 25.7 Å². The normalized spacial score (nSPS) is 14.4. The number of esters is 4. The quantitative estimate of drug-likeness (QED) is 0.0169. The summed E-state index contributed by atoms with van der Waals surface area (Å²) in [7, 11) is -9.91. The Balaban J connectivity index is 5.15. The van der Waals surface area contributed by atoms with Crippen LogP contribution in [0.25, 0.3) is 0 Å². The fourth-order valence-corrected chi connectivity index (χ4v) is 12.7. The maximum Gasteiger partial charge on any atom is 0.472 e. The van der Waals surface area contributed by atoms with Crippen LogP contribution in [0, 0.1) is 5.92 Å². The monoisotopic (exact) mass is 1390 g/mol. The number of aliphatic hydroxyl groups is 1. The van der Waals surface area contributed by atoms with Gasteiger partial charge in [-0.2, -0.15) is 0 Å². The van der Waals surface area contributed by atoms with E-state index in [0.717, 1.165) is 121 Å². The molecule has 19 heteroatoms. The maximum atomic E-state index is 13.1. The summed E-state index contributed by atoms with van der Waals surface area (Å²) >= 11 is 0. The van der Waals surface area contributed by atoms with Crippen molar-refractivity contribution in [2.45, 2.75) is 393 Å². The molecule has 0 amide bonds. The highest BCUT2D eigenvalue weighted by atomic mass is 31.2. The number of phosphoric ester groups is 2. The van der Waals surface area contributed by atoms with Crippen LogP contribution in [0.4, 0.5) is 0 Å². The first-order valence-electron chi connectivity index (χ1n) is 39.0. The molecule has 0 radical (unpaired) electrons. The van der Waals surface area contributed by atoms with E-state index < -0.39 is 97.5 Å². The van der Waals surface area contributed by atoms with Crippen molar-refractivity contribution in [3.63, 3.8) is 0 Å². The van der Waals surface area contributed by atoms with Crippen LogP contribution in [0.15, 0.2) is 24.3 Å². The summed E-state index contributed by atoms with van der Waals surface area (Å²) in [6.07, 6.45) is 60.9. The van der Waals surface area contributed by atoms with Gasteiger partial charge in [-0.05, 0) is 57.3 Å². The molecule has 0 aliphatic rings. The third kappa shape index (κ3) is 68.5. The molecule has 3 unspecified atom stereocenters. The Labute approximate surface area is 580 Å².